The summed E-state index contributed by atoms with van der Waals surface area (Å²) in [5, 5.41) is 3.54. The van der Waals surface area contributed by atoms with Crippen LogP contribution in [-0.2, 0) is 6.54 Å². The maximum absolute atomic E-state index is 13.2. The lowest BCUT2D eigenvalue weighted by atomic mass is 9.96. The Morgan fingerprint density at radius 3 is 2.42 bits per heavy atom. The number of halogens is 1. The third-order valence-corrected chi connectivity index (χ3v) is 5.47. The molecular formula is C20H24FN3. The maximum atomic E-state index is 13.2. The van der Waals surface area contributed by atoms with Gasteiger partial charge in [-0.15, -0.1) is 0 Å². The van der Waals surface area contributed by atoms with Crippen LogP contribution >= 0.6 is 0 Å². The van der Waals surface area contributed by atoms with Crippen molar-refractivity contribution in [2.45, 2.75) is 50.4 Å². The Kier molecular flexibility index (Phi) is 4.15. The molecule has 4 rings (SSSR count). The Hall–Kier alpha value is -2.07. The van der Waals surface area contributed by atoms with Crippen LogP contribution in [0.3, 0.4) is 0 Å². The second-order valence-electron chi connectivity index (χ2n) is 7.09. The van der Waals surface area contributed by atoms with Gasteiger partial charge in [0.25, 0.3) is 0 Å². The number of nitrogens with one attached hydrogen (secondary N) is 1. The molecule has 2 aliphatic heterocycles. The van der Waals surface area contributed by atoms with Crippen molar-refractivity contribution >= 4 is 11.4 Å². The lowest BCUT2D eigenvalue weighted by Crippen LogP contribution is -2.46. The van der Waals surface area contributed by atoms with E-state index in [0.29, 0.717) is 23.8 Å². The fraction of sp³-hybridized carbons (Fsp3) is 0.400. The van der Waals surface area contributed by atoms with E-state index >= 15 is 0 Å². The predicted molar refractivity (Wildman–Crippen MR) is 96.3 cm³/mol. The molecule has 2 aromatic carbocycles. The average molecular weight is 325 g/mol. The van der Waals surface area contributed by atoms with Crippen molar-refractivity contribution < 1.29 is 4.39 Å². The van der Waals surface area contributed by atoms with Crippen LogP contribution < -0.4 is 11.1 Å². The highest BCUT2D eigenvalue weighted by Gasteiger charge is 2.40. The normalized spacial score (nSPS) is 26.5. The Balaban J connectivity index is 1.42. The highest BCUT2D eigenvalue weighted by Crippen LogP contribution is 2.38. The third-order valence-electron chi connectivity index (χ3n) is 5.47. The Morgan fingerprint density at radius 2 is 1.75 bits per heavy atom. The first-order chi connectivity index (χ1) is 11.7. The first kappa shape index (κ1) is 15.5. The number of hydrogen-bond donors (Lipinski definition) is 2. The van der Waals surface area contributed by atoms with Crippen molar-refractivity contribution in [1.29, 1.82) is 0 Å². The summed E-state index contributed by atoms with van der Waals surface area (Å²) in [7, 11) is 0. The van der Waals surface area contributed by atoms with E-state index < -0.39 is 0 Å². The molecule has 0 saturated carbocycles. The smallest absolute Gasteiger partial charge is 0.125 e. The van der Waals surface area contributed by atoms with Crippen LogP contribution in [0, 0.1) is 5.82 Å². The number of benzene rings is 2. The molecule has 126 valence electrons. The summed E-state index contributed by atoms with van der Waals surface area (Å²) >= 11 is 0. The number of anilines is 2. The topological polar surface area (TPSA) is 41.3 Å². The first-order valence-corrected chi connectivity index (χ1v) is 8.80. The van der Waals surface area contributed by atoms with Crippen molar-refractivity contribution in [3.05, 3.63) is 59.9 Å². The molecule has 2 heterocycles. The molecule has 0 aromatic heterocycles. The summed E-state index contributed by atoms with van der Waals surface area (Å²) in [6.07, 6.45) is 4.80. The summed E-state index contributed by atoms with van der Waals surface area (Å²) in [6, 6.07) is 17.0. The number of fused-ring (bicyclic) bond motifs is 2. The van der Waals surface area contributed by atoms with E-state index in [4.69, 9.17) is 5.73 Å². The van der Waals surface area contributed by atoms with Crippen molar-refractivity contribution in [2.75, 3.05) is 11.1 Å². The third kappa shape index (κ3) is 3.11. The van der Waals surface area contributed by atoms with Crippen molar-refractivity contribution in [2.24, 2.45) is 0 Å². The van der Waals surface area contributed by atoms with Crippen molar-refractivity contribution in [3.63, 3.8) is 0 Å². The molecule has 2 bridgehead atoms. The molecule has 2 aliphatic rings. The van der Waals surface area contributed by atoms with Crippen molar-refractivity contribution in [1.82, 2.24) is 4.90 Å². The van der Waals surface area contributed by atoms with E-state index in [2.05, 4.69) is 40.5 Å². The van der Waals surface area contributed by atoms with Gasteiger partial charge < -0.3 is 11.1 Å². The van der Waals surface area contributed by atoms with Gasteiger partial charge in [-0.1, -0.05) is 30.3 Å². The van der Waals surface area contributed by atoms with Crippen LogP contribution in [-0.4, -0.2) is 23.0 Å². The molecule has 0 aliphatic carbocycles. The molecule has 2 saturated heterocycles. The minimum atomic E-state index is -0.282. The largest absolute Gasteiger partial charge is 0.397 e. The molecule has 2 atom stereocenters. The van der Waals surface area contributed by atoms with Gasteiger partial charge in [-0.2, -0.15) is 0 Å². The lowest BCUT2D eigenvalue weighted by molar-refractivity contribution is 0.124. The van der Waals surface area contributed by atoms with Gasteiger partial charge in [0.15, 0.2) is 0 Å². The van der Waals surface area contributed by atoms with Crippen LogP contribution in [0.15, 0.2) is 48.5 Å². The standard InChI is InChI=1S/C20H24FN3/c21-15-6-9-20(19(22)10-15)23-16-11-17-7-8-18(12-16)24(17)13-14-4-2-1-3-5-14/h1-6,9-10,16-18,23H,7-8,11-13,22H2. The van der Waals surface area contributed by atoms with E-state index in [1.54, 1.807) is 6.07 Å². The molecule has 2 aromatic rings. The van der Waals surface area contributed by atoms with Crippen molar-refractivity contribution in [3.8, 4) is 0 Å². The number of hydrogen-bond acceptors (Lipinski definition) is 3. The Morgan fingerprint density at radius 1 is 1.04 bits per heavy atom. The minimum Gasteiger partial charge on any atom is -0.397 e. The zero-order valence-corrected chi connectivity index (χ0v) is 13.8. The van der Waals surface area contributed by atoms with Gasteiger partial charge >= 0.3 is 0 Å². The predicted octanol–water partition coefficient (Wildman–Crippen LogP) is 4.02. The second-order valence-corrected chi connectivity index (χ2v) is 7.09. The average Bonchev–Trinajstić information content (AvgIpc) is 2.81. The highest BCUT2D eigenvalue weighted by molar-refractivity contribution is 5.66. The number of nitrogen functional groups attached to an aromatic ring is 1. The molecular weight excluding hydrogens is 301 g/mol. The number of nitrogens with zero attached hydrogens (tertiary/aromatic N) is 1. The zero-order chi connectivity index (χ0) is 16.5. The fourth-order valence-electron chi connectivity index (χ4n) is 4.33. The second kappa shape index (κ2) is 6.44. The van der Waals surface area contributed by atoms with Gasteiger partial charge in [0.1, 0.15) is 5.82 Å². The molecule has 3 nitrogen and oxygen atoms in total. The van der Waals surface area contributed by atoms with Crippen LogP contribution in [0.25, 0.3) is 0 Å². The Labute approximate surface area is 142 Å². The molecule has 24 heavy (non-hydrogen) atoms. The number of nitrogens with two attached hydrogens (primary N) is 1. The Bertz CT molecular complexity index is 689. The summed E-state index contributed by atoms with van der Waals surface area (Å²) in [6.45, 7) is 1.04. The van der Waals surface area contributed by atoms with Crippen LogP contribution in [0.1, 0.15) is 31.2 Å². The molecule has 0 amide bonds. The SMILES string of the molecule is Nc1cc(F)ccc1NC1CC2CCC(C1)N2Cc1ccccc1. The monoisotopic (exact) mass is 325 g/mol. The van der Waals surface area contributed by atoms with E-state index in [-0.39, 0.29) is 5.82 Å². The lowest BCUT2D eigenvalue weighted by Gasteiger charge is -2.39. The molecule has 2 fully saturated rings. The van der Waals surface area contributed by atoms with Gasteiger partial charge in [0, 0.05) is 24.7 Å². The highest BCUT2D eigenvalue weighted by atomic mass is 19.1. The van der Waals surface area contributed by atoms with E-state index in [0.717, 1.165) is 25.1 Å². The molecule has 3 N–H and O–H groups in total. The molecule has 0 spiro atoms. The van der Waals surface area contributed by atoms with Gasteiger partial charge in [0.2, 0.25) is 0 Å². The quantitative estimate of drug-likeness (QED) is 0.834. The van der Waals surface area contributed by atoms with Crippen LogP contribution in [0.5, 0.6) is 0 Å². The summed E-state index contributed by atoms with van der Waals surface area (Å²) in [5.41, 5.74) is 8.69. The van der Waals surface area contributed by atoms with Crippen LogP contribution in [0.2, 0.25) is 0 Å². The minimum absolute atomic E-state index is 0.282. The van der Waals surface area contributed by atoms with Gasteiger partial charge in [-0.05, 0) is 49.4 Å². The molecule has 2 unspecified atom stereocenters. The van der Waals surface area contributed by atoms with Gasteiger partial charge in [-0.3, -0.25) is 4.90 Å². The van der Waals surface area contributed by atoms with E-state index in [1.165, 1.54) is 30.5 Å². The summed E-state index contributed by atoms with van der Waals surface area (Å²) in [5.74, 6) is -0.282. The fourth-order valence-corrected chi connectivity index (χ4v) is 4.33. The molecule has 4 heteroatoms. The van der Waals surface area contributed by atoms with E-state index in [1.807, 2.05) is 0 Å². The zero-order valence-electron chi connectivity index (χ0n) is 13.8. The van der Waals surface area contributed by atoms with Gasteiger partial charge in [0.05, 0.1) is 11.4 Å². The first-order valence-electron chi connectivity index (χ1n) is 8.80. The molecule has 0 radical (unpaired) electrons. The maximum Gasteiger partial charge on any atom is 0.125 e. The van der Waals surface area contributed by atoms with Gasteiger partial charge in [-0.25, -0.2) is 4.39 Å². The summed E-state index contributed by atoms with van der Waals surface area (Å²) in [4.78, 5) is 2.67. The number of piperidine rings is 1. The summed E-state index contributed by atoms with van der Waals surface area (Å²) < 4.78 is 13.2. The van der Waals surface area contributed by atoms with E-state index in [9.17, 15) is 4.39 Å². The number of rotatable bonds is 4. The van der Waals surface area contributed by atoms with Crippen LogP contribution in [0.4, 0.5) is 15.8 Å².